The van der Waals surface area contributed by atoms with Crippen molar-refractivity contribution >= 4 is 23.1 Å². The van der Waals surface area contributed by atoms with Crippen LogP contribution in [0.2, 0.25) is 0 Å². The average molecular weight is 258 g/mol. The Kier molecular flexibility index (Phi) is 4.51. The molecule has 0 aliphatic carbocycles. The van der Waals surface area contributed by atoms with Gasteiger partial charge in [0.25, 0.3) is 5.91 Å². The Balaban J connectivity index is 3.01. The maximum atomic E-state index is 13.4. The summed E-state index contributed by atoms with van der Waals surface area (Å²) in [7, 11) is 0. The van der Waals surface area contributed by atoms with Crippen molar-refractivity contribution in [2.45, 2.75) is 6.92 Å². The lowest BCUT2D eigenvalue weighted by atomic mass is 10.1. The van der Waals surface area contributed by atoms with E-state index in [1.165, 1.54) is 4.90 Å². The lowest BCUT2D eigenvalue weighted by Gasteiger charge is -2.20. The van der Waals surface area contributed by atoms with Crippen molar-refractivity contribution in [1.29, 1.82) is 0 Å². The highest BCUT2D eigenvalue weighted by atomic mass is 32.1. The number of hydrogen-bond acceptors (Lipinski definition) is 2. The zero-order chi connectivity index (χ0) is 13.0. The Hall–Kier alpha value is -1.56. The second-order valence-electron chi connectivity index (χ2n) is 3.41. The fourth-order valence-electron chi connectivity index (χ4n) is 1.35. The van der Waals surface area contributed by atoms with Gasteiger partial charge in [0.05, 0.1) is 17.1 Å². The molecule has 0 heterocycles. The number of rotatable bonds is 4. The van der Waals surface area contributed by atoms with Crippen molar-refractivity contribution < 1.29 is 13.6 Å². The Labute approximate surface area is 103 Å². The average Bonchev–Trinajstić information content (AvgIpc) is 2.28. The highest BCUT2D eigenvalue weighted by molar-refractivity contribution is 7.80. The van der Waals surface area contributed by atoms with Gasteiger partial charge in [-0.2, -0.15) is 0 Å². The molecular weight excluding hydrogens is 246 g/mol. The van der Waals surface area contributed by atoms with Gasteiger partial charge in [0, 0.05) is 6.54 Å². The molecule has 0 saturated heterocycles. The fourth-order valence-corrected chi connectivity index (χ4v) is 1.50. The minimum atomic E-state index is -0.766. The van der Waals surface area contributed by atoms with E-state index in [2.05, 4.69) is 12.2 Å². The summed E-state index contributed by atoms with van der Waals surface area (Å²) in [4.78, 5) is 13.3. The third-order valence-corrected chi connectivity index (χ3v) is 2.30. The molecule has 0 fully saturated rings. The largest absolute Gasteiger partial charge is 0.392 e. The first-order valence-electron chi connectivity index (χ1n) is 4.98. The van der Waals surface area contributed by atoms with Gasteiger partial charge in [-0.05, 0) is 25.1 Å². The van der Waals surface area contributed by atoms with Crippen LogP contribution in [-0.4, -0.2) is 28.9 Å². The number of nitrogens with two attached hydrogens (primary N) is 1. The molecule has 17 heavy (non-hydrogen) atoms. The summed E-state index contributed by atoms with van der Waals surface area (Å²) in [6, 6.07) is 2.73. The molecule has 1 rings (SSSR count). The summed E-state index contributed by atoms with van der Waals surface area (Å²) < 4.78 is 26.3. The molecule has 1 aromatic rings. The van der Waals surface area contributed by atoms with Gasteiger partial charge >= 0.3 is 0 Å². The summed E-state index contributed by atoms with van der Waals surface area (Å²) in [5.74, 6) is -2.06. The molecule has 0 bridgehead atoms. The van der Waals surface area contributed by atoms with Crippen LogP contribution in [0.15, 0.2) is 18.2 Å². The molecule has 6 heteroatoms. The van der Waals surface area contributed by atoms with Gasteiger partial charge in [0.1, 0.15) is 11.6 Å². The van der Waals surface area contributed by atoms with Crippen LogP contribution in [-0.2, 0) is 0 Å². The van der Waals surface area contributed by atoms with Crippen molar-refractivity contribution in [2.24, 2.45) is 5.73 Å². The number of amides is 1. The number of nitrogens with zero attached hydrogens (tertiary/aromatic N) is 1. The topological polar surface area (TPSA) is 46.3 Å². The summed E-state index contributed by atoms with van der Waals surface area (Å²) >= 11 is 4.68. The maximum absolute atomic E-state index is 13.4. The van der Waals surface area contributed by atoms with E-state index in [0.29, 0.717) is 6.54 Å². The van der Waals surface area contributed by atoms with Crippen LogP contribution in [0.5, 0.6) is 0 Å². The third kappa shape index (κ3) is 3.45. The van der Waals surface area contributed by atoms with Crippen LogP contribution in [0.4, 0.5) is 8.78 Å². The minimum absolute atomic E-state index is 0.0423. The molecule has 0 spiro atoms. The lowest BCUT2D eigenvalue weighted by Crippen LogP contribution is -2.37. The van der Waals surface area contributed by atoms with Crippen molar-refractivity contribution in [3.63, 3.8) is 0 Å². The van der Waals surface area contributed by atoms with Gasteiger partial charge in [-0.25, -0.2) is 8.78 Å². The van der Waals surface area contributed by atoms with E-state index in [1.807, 2.05) is 0 Å². The first kappa shape index (κ1) is 13.5. The zero-order valence-electron chi connectivity index (χ0n) is 9.24. The van der Waals surface area contributed by atoms with E-state index in [-0.39, 0.29) is 17.1 Å². The van der Waals surface area contributed by atoms with E-state index in [9.17, 15) is 13.6 Å². The molecule has 92 valence electrons. The summed E-state index contributed by atoms with van der Waals surface area (Å²) in [6.07, 6.45) is 0. The maximum Gasteiger partial charge on any atom is 0.257 e. The van der Waals surface area contributed by atoms with Crippen molar-refractivity contribution in [2.75, 3.05) is 13.1 Å². The van der Waals surface area contributed by atoms with Crippen LogP contribution in [0.3, 0.4) is 0 Å². The first-order valence-corrected chi connectivity index (χ1v) is 5.39. The molecule has 0 saturated carbocycles. The van der Waals surface area contributed by atoms with E-state index in [4.69, 9.17) is 5.73 Å². The summed E-state index contributed by atoms with van der Waals surface area (Å²) in [6.45, 7) is 2.06. The molecule has 0 atom stereocenters. The second kappa shape index (κ2) is 5.67. The highest BCUT2D eigenvalue weighted by Crippen LogP contribution is 2.12. The van der Waals surface area contributed by atoms with Crippen molar-refractivity contribution in [3.05, 3.63) is 35.4 Å². The molecular formula is C11H12F2N2OS. The number of hydrogen-bond donors (Lipinski definition) is 1. The van der Waals surface area contributed by atoms with Crippen LogP contribution >= 0.6 is 12.2 Å². The van der Waals surface area contributed by atoms with Crippen LogP contribution in [0, 0.1) is 11.6 Å². The second-order valence-corrected chi connectivity index (χ2v) is 3.93. The van der Waals surface area contributed by atoms with Crippen molar-refractivity contribution in [3.8, 4) is 0 Å². The Morgan fingerprint density at radius 3 is 2.65 bits per heavy atom. The van der Waals surface area contributed by atoms with Gasteiger partial charge in [0.15, 0.2) is 0 Å². The normalized spacial score (nSPS) is 10.1. The van der Waals surface area contributed by atoms with Crippen LogP contribution in [0.25, 0.3) is 0 Å². The molecule has 0 aliphatic heterocycles. The molecule has 2 N–H and O–H groups in total. The van der Waals surface area contributed by atoms with Crippen LogP contribution in [0.1, 0.15) is 17.3 Å². The van der Waals surface area contributed by atoms with Gasteiger partial charge in [0.2, 0.25) is 0 Å². The molecule has 0 unspecified atom stereocenters. The standard InChI is InChI=1S/C11H12F2N2OS/c1-2-15(6-10(14)17)11(16)8-5-7(12)3-4-9(8)13/h3-5H,2,6H2,1H3,(H2,14,17). The van der Waals surface area contributed by atoms with E-state index >= 15 is 0 Å². The predicted octanol–water partition coefficient (Wildman–Crippen LogP) is 1.71. The van der Waals surface area contributed by atoms with E-state index < -0.39 is 17.5 Å². The number of halogens is 2. The van der Waals surface area contributed by atoms with Crippen LogP contribution < -0.4 is 5.73 Å². The molecule has 0 aliphatic rings. The quantitative estimate of drug-likeness (QED) is 0.836. The minimum Gasteiger partial charge on any atom is -0.392 e. The first-order chi connectivity index (χ1) is 7.95. The molecule has 1 aromatic carbocycles. The third-order valence-electron chi connectivity index (χ3n) is 2.17. The number of carbonyl (C=O) groups excluding carboxylic acids is 1. The number of likely N-dealkylation sites (N-methyl/N-ethyl adjacent to an activating group) is 1. The molecule has 1 amide bonds. The number of thiocarbonyl (C=S) groups is 1. The SMILES string of the molecule is CCN(CC(N)=S)C(=O)c1cc(F)ccc1F. The zero-order valence-corrected chi connectivity index (χ0v) is 10.1. The van der Waals surface area contributed by atoms with Gasteiger partial charge in [-0.15, -0.1) is 0 Å². The molecule has 0 aromatic heterocycles. The Morgan fingerprint density at radius 1 is 1.47 bits per heavy atom. The van der Waals surface area contributed by atoms with Crippen molar-refractivity contribution in [1.82, 2.24) is 4.90 Å². The monoisotopic (exact) mass is 258 g/mol. The van der Waals surface area contributed by atoms with Gasteiger partial charge in [-0.1, -0.05) is 12.2 Å². The van der Waals surface area contributed by atoms with E-state index in [0.717, 1.165) is 18.2 Å². The lowest BCUT2D eigenvalue weighted by molar-refractivity contribution is 0.0782. The summed E-state index contributed by atoms with van der Waals surface area (Å²) in [5.41, 5.74) is 5.01. The Bertz CT molecular complexity index is 451. The van der Waals surface area contributed by atoms with Gasteiger partial charge in [-0.3, -0.25) is 4.79 Å². The predicted molar refractivity (Wildman–Crippen MR) is 64.7 cm³/mol. The summed E-state index contributed by atoms with van der Waals surface area (Å²) in [5, 5.41) is 0. The highest BCUT2D eigenvalue weighted by Gasteiger charge is 2.19. The van der Waals surface area contributed by atoms with E-state index in [1.54, 1.807) is 6.92 Å². The Morgan fingerprint density at radius 2 is 2.12 bits per heavy atom. The molecule has 0 radical (unpaired) electrons. The smallest absolute Gasteiger partial charge is 0.257 e. The molecule has 3 nitrogen and oxygen atoms in total. The number of benzene rings is 1. The van der Waals surface area contributed by atoms with Gasteiger partial charge < -0.3 is 10.6 Å². The fraction of sp³-hybridized carbons (Fsp3) is 0.273. The number of carbonyl (C=O) groups is 1.